The Labute approximate surface area is 574 Å². The van der Waals surface area contributed by atoms with Crippen LogP contribution in [0.25, 0.3) is 0 Å². The highest BCUT2D eigenvalue weighted by atomic mass is 31.2. The summed E-state index contributed by atoms with van der Waals surface area (Å²) in [5.41, 5.74) is 0. The molecule has 0 spiro atoms. The molecule has 3 fully saturated rings. The summed E-state index contributed by atoms with van der Waals surface area (Å²) in [6.45, 7) is 3.45. The van der Waals surface area contributed by atoms with Crippen LogP contribution < -0.4 is 0 Å². The van der Waals surface area contributed by atoms with Gasteiger partial charge in [0.05, 0.1) is 13.2 Å². The first-order valence-corrected chi connectivity index (χ1v) is 39.3. The molecule has 3 aliphatic rings. The van der Waals surface area contributed by atoms with Crippen molar-refractivity contribution in [3.63, 3.8) is 0 Å². The van der Waals surface area contributed by atoms with Gasteiger partial charge in [-0.25, -0.2) is 4.57 Å². The van der Waals surface area contributed by atoms with E-state index in [1.165, 1.54) is 154 Å². The number of unbranched alkanes of at least 4 members (excludes halogenated alkanes) is 38. The first-order chi connectivity index (χ1) is 46.3. The van der Waals surface area contributed by atoms with Crippen LogP contribution in [0.5, 0.6) is 0 Å². The predicted molar refractivity (Wildman–Crippen MR) is 361 cm³/mol. The minimum absolute atomic E-state index is 0.0328. The quantitative estimate of drug-likeness (QED) is 0.0117. The lowest BCUT2D eigenvalue weighted by atomic mass is 9.84. The highest BCUT2D eigenvalue weighted by molar-refractivity contribution is 7.47. The maximum atomic E-state index is 14.3. The van der Waals surface area contributed by atoms with Crippen molar-refractivity contribution in [3.05, 3.63) is 0 Å². The first kappa shape index (κ1) is 88.2. The minimum Gasteiger partial charge on any atom is -0.463 e. The maximum Gasteiger partial charge on any atom is 0.472 e. The summed E-state index contributed by atoms with van der Waals surface area (Å²) in [5.74, 6) is -1.97. The van der Waals surface area contributed by atoms with Gasteiger partial charge in [0.15, 0.2) is 18.7 Å². The zero-order valence-electron chi connectivity index (χ0n) is 58.9. The number of rotatable bonds is 59. The molecule has 2 heterocycles. The standard InChI is InChI=1S/C71H133O24P/c1-4-7-10-13-16-19-22-24-25-26-27-29-31-34-36-39-42-45-55(73)87-49-52(90-57(75)47-44-41-38-35-32-28-23-20-17-14-11-8-5-2)50-89-96(85,86)95-69-67(93-70-65(83)60(78)58(76)53(48-72)91-70)63(81)62(80)64(82)68(69)94-71-66(84)61(79)59(77)54(92-71)51-88-56(74)46-43-40-37-33-30-21-18-15-12-9-6-3/h52-54,58-72,76-84H,4-51H2,1-3H3,(H,85,86). The van der Waals surface area contributed by atoms with Crippen LogP contribution in [-0.4, -0.2) is 204 Å². The number of hydrogen-bond acceptors (Lipinski definition) is 23. The molecular formula is C71H133O24P. The van der Waals surface area contributed by atoms with Crippen LogP contribution >= 0.6 is 7.82 Å². The SMILES string of the molecule is CCCCCCCCCCCCCCCCCCCC(=O)OCC(COP(=O)(O)OC1C(OC2OC(CO)C(O)C(O)C2O)C(O)C(O)C(O)C1OC1OC(COC(=O)CCCCCCCCCCCCC)C(O)C(O)C1O)OC(=O)CCCCCCCCCCCCCCC. The second kappa shape index (κ2) is 53.7. The number of phosphoric acid groups is 1. The molecule has 0 aromatic carbocycles. The minimum atomic E-state index is -5.69. The molecule has 18 unspecified atom stereocenters. The molecule has 18 atom stereocenters. The molecule has 0 amide bonds. The molecular weight excluding hydrogens is 1270 g/mol. The van der Waals surface area contributed by atoms with Crippen LogP contribution in [-0.2, 0) is 61.2 Å². The number of esters is 3. The van der Waals surface area contributed by atoms with Crippen molar-refractivity contribution < 1.29 is 117 Å². The third-order valence-corrected chi connectivity index (χ3v) is 19.9. The fraction of sp³-hybridized carbons (Fsp3) is 0.958. The van der Waals surface area contributed by atoms with Crippen LogP contribution in [0.3, 0.4) is 0 Å². The van der Waals surface area contributed by atoms with Gasteiger partial charge >= 0.3 is 25.7 Å². The Hall–Kier alpha value is -2.04. The molecule has 0 radical (unpaired) electrons. The molecule has 11 N–H and O–H groups in total. The van der Waals surface area contributed by atoms with Crippen molar-refractivity contribution in [2.45, 2.75) is 407 Å². The highest BCUT2D eigenvalue weighted by Crippen LogP contribution is 2.49. The van der Waals surface area contributed by atoms with Crippen LogP contribution in [0, 0.1) is 0 Å². The van der Waals surface area contributed by atoms with E-state index in [1.54, 1.807) is 0 Å². The van der Waals surface area contributed by atoms with Crippen molar-refractivity contribution in [1.29, 1.82) is 0 Å². The fourth-order valence-electron chi connectivity index (χ4n) is 12.7. The Balaban J connectivity index is 1.73. The van der Waals surface area contributed by atoms with Crippen molar-refractivity contribution in [3.8, 4) is 0 Å². The Kier molecular flexibility index (Phi) is 49.4. The van der Waals surface area contributed by atoms with Gasteiger partial charge in [-0.3, -0.25) is 23.4 Å². The number of ether oxygens (including phenoxy) is 7. The van der Waals surface area contributed by atoms with E-state index < -0.39 is 156 Å². The first-order valence-electron chi connectivity index (χ1n) is 37.8. The topological polar surface area (TPSA) is 374 Å². The van der Waals surface area contributed by atoms with Crippen molar-refractivity contribution in [2.75, 3.05) is 26.4 Å². The number of phosphoric ester groups is 1. The lowest BCUT2D eigenvalue weighted by molar-refractivity contribution is -0.360. The summed E-state index contributed by atoms with van der Waals surface area (Å²) in [4.78, 5) is 50.9. The van der Waals surface area contributed by atoms with Gasteiger partial charge in [0.1, 0.15) is 98.7 Å². The lowest BCUT2D eigenvalue weighted by Gasteiger charge is -2.49. The molecule has 2 saturated heterocycles. The molecule has 0 aromatic heterocycles. The Morgan fingerprint density at radius 2 is 0.667 bits per heavy atom. The molecule has 3 rings (SSSR count). The molecule has 0 aromatic rings. The van der Waals surface area contributed by atoms with E-state index in [0.717, 1.165) is 89.9 Å². The van der Waals surface area contributed by atoms with Gasteiger partial charge in [0.2, 0.25) is 0 Å². The third-order valence-electron chi connectivity index (χ3n) is 18.9. The summed E-state index contributed by atoms with van der Waals surface area (Å²) in [7, 11) is -5.69. The number of hydrogen-bond donors (Lipinski definition) is 11. The highest BCUT2D eigenvalue weighted by Gasteiger charge is 2.58. The maximum absolute atomic E-state index is 14.3. The molecule has 1 aliphatic carbocycles. The fourth-order valence-corrected chi connectivity index (χ4v) is 13.7. The Bertz CT molecular complexity index is 1990. The van der Waals surface area contributed by atoms with Gasteiger partial charge in [-0.1, -0.05) is 265 Å². The number of carbonyl (C=O) groups excluding carboxylic acids is 3. The van der Waals surface area contributed by atoms with Crippen molar-refractivity contribution in [2.24, 2.45) is 0 Å². The summed E-state index contributed by atoms with van der Waals surface area (Å²) < 4.78 is 65.0. The Morgan fingerprint density at radius 3 is 1.02 bits per heavy atom. The van der Waals surface area contributed by atoms with E-state index >= 15 is 0 Å². The van der Waals surface area contributed by atoms with E-state index in [-0.39, 0.29) is 19.3 Å². The Morgan fingerprint density at radius 1 is 0.365 bits per heavy atom. The van der Waals surface area contributed by atoms with Gasteiger partial charge in [-0.05, 0) is 19.3 Å². The summed E-state index contributed by atoms with van der Waals surface area (Å²) in [6, 6.07) is 0. The summed E-state index contributed by atoms with van der Waals surface area (Å²) >= 11 is 0. The summed E-state index contributed by atoms with van der Waals surface area (Å²) in [5, 5.41) is 110. The molecule has 25 heteroatoms. The third kappa shape index (κ3) is 36.7. The average Bonchev–Trinajstić information content (AvgIpc) is 0.771. The van der Waals surface area contributed by atoms with Gasteiger partial charge in [-0.15, -0.1) is 0 Å². The van der Waals surface area contributed by atoms with E-state index in [4.69, 9.17) is 42.2 Å². The predicted octanol–water partition coefficient (Wildman–Crippen LogP) is 10.2. The molecule has 0 bridgehead atoms. The van der Waals surface area contributed by atoms with Crippen LogP contribution in [0.2, 0.25) is 0 Å². The van der Waals surface area contributed by atoms with Crippen molar-refractivity contribution >= 4 is 25.7 Å². The van der Waals surface area contributed by atoms with E-state index in [2.05, 4.69) is 20.8 Å². The van der Waals surface area contributed by atoms with E-state index in [9.17, 15) is 74.9 Å². The normalized spacial score (nSPS) is 27.9. The smallest absolute Gasteiger partial charge is 0.463 e. The van der Waals surface area contributed by atoms with Gasteiger partial charge in [0, 0.05) is 19.3 Å². The molecule has 96 heavy (non-hydrogen) atoms. The van der Waals surface area contributed by atoms with Crippen molar-refractivity contribution in [1.82, 2.24) is 0 Å². The second-order valence-corrected chi connectivity index (χ2v) is 28.8. The average molecular weight is 1400 g/mol. The number of aliphatic hydroxyl groups is 10. The summed E-state index contributed by atoms with van der Waals surface area (Å²) in [6.07, 6.45) is 10.4. The number of aliphatic hydroxyl groups excluding tert-OH is 10. The monoisotopic (exact) mass is 1400 g/mol. The molecule has 1 saturated carbocycles. The van der Waals surface area contributed by atoms with Crippen LogP contribution in [0.1, 0.15) is 303 Å². The van der Waals surface area contributed by atoms with Gasteiger partial charge in [0.25, 0.3) is 0 Å². The van der Waals surface area contributed by atoms with Gasteiger partial charge < -0.3 is 89.1 Å². The lowest BCUT2D eigenvalue weighted by Crippen LogP contribution is -2.69. The molecule has 2 aliphatic heterocycles. The molecule has 566 valence electrons. The zero-order chi connectivity index (χ0) is 70.4. The zero-order valence-corrected chi connectivity index (χ0v) is 59.8. The number of carbonyl (C=O) groups is 3. The second-order valence-electron chi connectivity index (χ2n) is 27.4. The largest absolute Gasteiger partial charge is 0.472 e. The van der Waals surface area contributed by atoms with Crippen LogP contribution in [0.4, 0.5) is 0 Å². The van der Waals surface area contributed by atoms with Crippen LogP contribution in [0.15, 0.2) is 0 Å². The van der Waals surface area contributed by atoms with E-state index in [1.807, 2.05) is 0 Å². The van der Waals surface area contributed by atoms with Gasteiger partial charge in [-0.2, -0.15) is 0 Å². The van der Waals surface area contributed by atoms with E-state index in [0.29, 0.717) is 19.3 Å². The molecule has 24 nitrogen and oxygen atoms in total.